The molecule has 0 spiro atoms. The van der Waals surface area contributed by atoms with Gasteiger partial charge in [0.2, 0.25) is 0 Å². The molecule has 0 saturated heterocycles. The predicted octanol–water partition coefficient (Wildman–Crippen LogP) is 1.50. The van der Waals surface area contributed by atoms with Crippen LogP contribution in [0.3, 0.4) is 0 Å². The molecule has 0 unspecified atom stereocenters. The zero-order valence-electron chi connectivity index (χ0n) is 10.1. The van der Waals surface area contributed by atoms with Gasteiger partial charge < -0.3 is 14.9 Å². The summed E-state index contributed by atoms with van der Waals surface area (Å²) in [5.41, 5.74) is 0.419. The monoisotopic (exact) mass is 197 g/mol. The van der Waals surface area contributed by atoms with E-state index >= 15 is 0 Å². The van der Waals surface area contributed by atoms with Gasteiger partial charge in [0.1, 0.15) is 0 Å². The third-order valence-electron chi connectivity index (χ3n) is 1.51. The molecule has 0 heterocycles. The predicted molar refractivity (Wildman–Crippen MR) is 51.3 cm³/mol. The highest BCUT2D eigenvalue weighted by molar-refractivity contribution is 5.85. The van der Waals surface area contributed by atoms with Gasteiger partial charge in [-0.1, -0.05) is 6.07 Å². The Morgan fingerprint density at radius 3 is 3.00 bits per heavy atom. The summed E-state index contributed by atoms with van der Waals surface area (Å²) in [6.45, 7) is 0. The number of hydrogen-bond acceptors (Lipinski definition) is 3. The fraction of sp³-hybridized carbons (Fsp3) is 0.100. The van der Waals surface area contributed by atoms with Crippen molar-refractivity contribution in [2.24, 2.45) is 0 Å². The van der Waals surface area contributed by atoms with Crippen molar-refractivity contribution >= 4 is 12.0 Å². The van der Waals surface area contributed by atoms with Gasteiger partial charge in [0.25, 0.3) is 0 Å². The van der Waals surface area contributed by atoms with Gasteiger partial charge in [-0.05, 0) is 23.8 Å². The van der Waals surface area contributed by atoms with E-state index in [4.69, 9.17) is 9.22 Å². The van der Waals surface area contributed by atoms with Crippen LogP contribution in [0.25, 0.3) is 6.08 Å². The number of phenols is 1. The van der Waals surface area contributed by atoms with E-state index in [-0.39, 0.29) is 11.5 Å². The lowest BCUT2D eigenvalue weighted by Crippen LogP contribution is -1.86. The molecule has 0 amide bonds. The molecular formula is C10H10O4. The molecule has 74 valence electrons. The summed E-state index contributed by atoms with van der Waals surface area (Å²) in [6, 6.07) is 3.89. The third kappa shape index (κ3) is 2.52. The molecule has 0 aliphatic heterocycles. The van der Waals surface area contributed by atoms with Gasteiger partial charge >= 0.3 is 5.97 Å². The largest absolute Gasteiger partial charge is 0.504 e. The number of methoxy groups -OCH3 is 1. The number of aromatic hydroxyl groups is 1. The molecule has 2 N–H and O–H groups in total. The second-order valence-electron chi connectivity index (χ2n) is 2.50. The molecule has 0 aliphatic carbocycles. The van der Waals surface area contributed by atoms with E-state index < -0.39 is 13.0 Å². The highest BCUT2D eigenvalue weighted by atomic mass is 16.5. The van der Waals surface area contributed by atoms with Gasteiger partial charge in [-0.15, -0.1) is 0 Å². The first-order valence-electron chi connectivity index (χ1n) is 5.21. The summed E-state index contributed by atoms with van der Waals surface area (Å²) >= 11 is 0. The van der Waals surface area contributed by atoms with Crippen LogP contribution in [0.15, 0.2) is 24.3 Å². The van der Waals surface area contributed by atoms with Gasteiger partial charge in [-0.2, -0.15) is 0 Å². The number of hydrogen-bond donors (Lipinski definition) is 2. The molecule has 0 radical (unpaired) electrons. The maximum atomic E-state index is 10.3. The second-order valence-corrected chi connectivity index (χ2v) is 2.50. The molecule has 0 saturated carbocycles. The Hall–Kier alpha value is -1.97. The van der Waals surface area contributed by atoms with Crippen LogP contribution in [0, 0.1) is 0 Å². The number of carbonyl (C=O) groups is 1. The van der Waals surface area contributed by atoms with E-state index in [9.17, 15) is 9.90 Å². The molecule has 0 fully saturated rings. The van der Waals surface area contributed by atoms with E-state index in [1.807, 2.05) is 0 Å². The highest BCUT2D eigenvalue weighted by Gasteiger charge is 2.00. The fourth-order valence-electron chi connectivity index (χ4n) is 0.892. The quantitative estimate of drug-likeness (QED) is 0.720. The van der Waals surface area contributed by atoms with Crippen LogP contribution in [0.5, 0.6) is 11.5 Å². The molecule has 0 bridgehead atoms. The Morgan fingerprint density at radius 2 is 2.43 bits per heavy atom. The molecule has 1 rings (SSSR count). The minimum absolute atomic E-state index is 0.183. The summed E-state index contributed by atoms with van der Waals surface area (Å²) in [5.74, 6) is -1.67. The van der Waals surface area contributed by atoms with Crippen LogP contribution in [0.4, 0.5) is 0 Å². The second kappa shape index (κ2) is 4.32. The topological polar surface area (TPSA) is 66.8 Å². The summed E-state index contributed by atoms with van der Waals surface area (Å²) in [6.07, 6.45) is 2.17. The van der Waals surface area contributed by atoms with Crippen molar-refractivity contribution in [1.29, 1.82) is 0 Å². The summed E-state index contributed by atoms with van der Waals surface area (Å²) in [7, 11) is -2.64. The van der Waals surface area contributed by atoms with Gasteiger partial charge in [-0.3, -0.25) is 0 Å². The normalized spacial score (nSPS) is 14.4. The maximum Gasteiger partial charge on any atom is 0.328 e. The van der Waals surface area contributed by atoms with Crippen molar-refractivity contribution in [3.05, 3.63) is 29.8 Å². The van der Waals surface area contributed by atoms with Crippen LogP contribution in [0.1, 0.15) is 9.68 Å². The Morgan fingerprint density at radius 1 is 1.64 bits per heavy atom. The number of rotatable bonds is 3. The minimum atomic E-state index is -2.64. The van der Waals surface area contributed by atoms with Gasteiger partial charge in [0, 0.05) is 6.08 Å². The van der Waals surface area contributed by atoms with E-state index in [0.29, 0.717) is 5.56 Å². The summed E-state index contributed by atoms with van der Waals surface area (Å²) in [4.78, 5) is 10.3. The zero-order valence-corrected chi connectivity index (χ0v) is 7.10. The van der Waals surface area contributed by atoms with E-state index in [0.717, 1.165) is 6.08 Å². The number of phenolic OH excluding ortho intramolecular Hbond substituents is 1. The fourth-order valence-corrected chi connectivity index (χ4v) is 0.892. The smallest absolute Gasteiger partial charge is 0.328 e. The van der Waals surface area contributed by atoms with Crippen LogP contribution in [0.2, 0.25) is 0 Å². The standard InChI is InChI=1S/C10H10O4/c1-14-9-4-2-7(6-8(9)11)3-5-10(12)13/h2-6,11H,1H3,(H,12,13)/b5-3+/i1D3. The number of carboxylic acids is 1. The van der Waals surface area contributed by atoms with Crippen molar-refractivity contribution in [3.8, 4) is 11.5 Å². The van der Waals surface area contributed by atoms with Crippen molar-refractivity contribution in [1.82, 2.24) is 0 Å². The number of carboxylic acid groups (broad SMARTS) is 1. The summed E-state index contributed by atoms with van der Waals surface area (Å²) < 4.78 is 25.1. The first-order chi connectivity index (χ1) is 7.78. The first kappa shape index (κ1) is 6.48. The van der Waals surface area contributed by atoms with Crippen LogP contribution >= 0.6 is 0 Å². The molecule has 1 aromatic carbocycles. The Kier molecular flexibility index (Phi) is 2.00. The summed E-state index contributed by atoms with van der Waals surface area (Å²) in [5, 5.41) is 17.9. The molecule has 14 heavy (non-hydrogen) atoms. The number of benzene rings is 1. The number of ether oxygens (including phenoxy) is 1. The lowest BCUT2D eigenvalue weighted by molar-refractivity contribution is -0.131. The van der Waals surface area contributed by atoms with Crippen LogP contribution in [-0.4, -0.2) is 23.2 Å². The average Bonchev–Trinajstić information content (AvgIpc) is 2.17. The van der Waals surface area contributed by atoms with Gasteiger partial charge in [0.15, 0.2) is 11.5 Å². The van der Waals surface area contributed by atoms with E-state index in [1.165, 1.54) is 24.3 Å². The van der Waals surface area contributed by atoms with E-state index in [1.54, 1.807) is 0 Å². The average molecular weight is 197 g/mol. The van der Waals surface area contributed by atoms with Crippen LogP contribution in [-0.2, 0) is 4.79 Å². The minimum Gasteiger partial charge on any atom is -0.504 e. The molecule has 1 aromatic rings. The molecular weight excluding hydrogens is 184 g/mol. The van der Waals surface area contributed by atoms with Crippen LogP contribution < -0.4 is 4.74 Å². The van der Waals surface area contributed by atoms with E-state index in [2.05, 4.69) is 4.74 Å². The highest BCUT2D eigenvalue weighted by Crippen LogP contribution is 2.26. The van der Waals surface area contributed by atoms with Crippen molar-refractivity contribution in [2.75, 3.05) is 7.04 Å². The maximum absolute atomic E-state index is 10.3. The van der Waals surface area contributed by atoms with Gasteiger partial charge in [0.05, 0.1) is 11.2 Å². The molecule has 0 atom stereocenters. The Balaban J connectivity index is 2.90. The van der Waals surface area contributed by atoms with Gasteiger partial charge in [-0.25, -0.2) is 4.79 Å². The van der Waals surface area contributed by atoms with Crippen molar-refractivity contribution < 1.29 is 23.9 Å². The molecule has 4 heteroatoms. The SMILES string of the molecule is [2H]C([2H])([2H])Oc1ccc(/C=C/C(=O)O)cc1O. The van der Waals surface area contributed by atoms with Crippen molar-refractivity contribution in [3.63, 3.8) is 0 Å². The Labute approximate surface area is 85.3 Å². The third-order valence-corrected chi connectivity index (χ3v) is 1.51. The number of aliphatic carboxylic acids is 1. The van der Waals surface area contributed by atoms with Crippen molar-refractivity contribution in [2.45, 2.75) is 0 Å². The Bertz CT molecular complexity index is 451. The molecule has 0 aromatic heterocycles. The lowest BCUT2D eigenvalue weighted by atomic mass is 10.2. The lowest BCUT2D eigenvalue weighted by Gasteiger charge is -2.02. The zero-order chi connectivity index (χ0) is 13.1. The molecule has 4 nitrogen and oxygen atoms in total. The first-order valence-corrected chi connectivity index (χ1v) is 3.71. The molecule has 0 aliphatic rings.